The summed E-state index contributed by atoms with van der Waals surface area (Å²) >= 11 is 0. The van der Waals surface area contributed by atoms with Crippen molar-refractivity contribution < 1.29 is 27.1 Å². The minimum absolute atomic E-state index is 0.0458. The molecule has 1 aromatic carbocycles. The summed E-state index contributed by atoms with van der Waals surface area (Å²) in [4.78, 5) is 20.2. The van der Waals surface area contributed by atoms with Gasteiger partial charge >= 0.3 is 0 Å². The quantitative estimate of drug-likeness (QED) is 0.735. The molecule has 0 bridgehead atoms. The summed E-state index contributed by atoms with van der Waals surface area (Å²) in [5, 5.41) is 2.47. The summed E-state index contributed by atoms with van der Waals surface area (Å²) in [6.45, 7) is 1.65. The average molecular weight is 424 g/mol. The number of carbonyl (C=O) groups is 1. The molecular weight excluding hydrogens is 404 g/mol. The molecule has 1 atom stereocenters. The Morgan fingerprint density at radius 3 is 2.70 bits per heavy atom. The van der Waals surface area contributed by atoms with Gasteiger partial charge in [-0.05, 0) is 43.2 Å². The lowest BCUT2D eigenvalue weighted by Gasteiger charge is -2.36. The first-order valence-corrected chi connectivity index (χ1v) is 9.13. The van der Waals surface area contributed by atoms with Crippen LogP contribution in [-0.2, 0) is 10.3 Å². The van der Waals surface area contributed by atoms with Gasteiger partial charge < -0.3 is 15.8 Å². The minimum atomic E-state index is -3.55. The highest BCUT2D eigenvalue weighted by atomic mass is 19.3. The molecule has 1 unspecified atom stereocenters. The number of halogens is 4. The number of nitrogens with two attached hydrogens (primary N) is 1. The van der Waals surface area contributed by atoms with Crippen molar-refractivity contribution in [2.24, 2.45) is 10.7 Å². The van der Waals surface area contributed by atoms with Gasteiger partial charge in [-0.1, -0.05) is 6.92 Å². The van der Waals surface area contributed by atoms with Gasteiger partial charge in [0.1, 0.15) is 36.4 Å². The monoisotopic (exact) mass is 424 g/mol. The van der Waals surface area contributed by atoms with Crippen LogP contribution in [0.4, 0.5) is 23.2 Å². The van der Waals surface area contributed by atoms with Crippen LogP contribution < -0.4 is 11.1 Å². The Morgan fingerprint density at radius 1 is 1.30 bits per heavy atom. The third-order valence-corrected chi connectivity index (χ3v) is 4.91. The van der Waals surface area contributed by atoms with Crippen LogP contribution in [0.3, 0.4) is 0 Å². The molecule has 6 nitrogen and oxygen atoms in total. The molecule has 10 heteroatoms. The van der Waals surface area contributed by atoms with Gasteiger partial charge in [0.25, 0.3) is 11.8 Å². The number of aryl methyl sites for hydroxylation is 1. The number of nitrogens with one attached hydrogen (secondary N) is 1. The molecule has 3 rings (SSSR count). The van der Waals surface area contributed by atoms with E-state index in [9.17, 15) is 22.4 Å². The van der Waals surface area contributed by atoms with Crippen molar-refractivity contribution in [3.05, 3.63) is 58.9 Å². The van der Waals surface area contributed by atoms with E-state index in [2.05, 4.69) is 15.3 Å². The van der Waals surface area contributed by atoms with Crippen LogP contribution in [0.5, 0.6) is 0 Å². The molecule has 1 aliphatic rings. The number of amidine groups is 1. The molecule has 3 N–H and O–H groups in total. The number of anilines is 1. The number of carbonyl (C=O) groups excluding carboxylic acids is 1. The lowest BCUT2D eigenvalue weighted by atomic mass is 9.81. The number of alkyl halides is 2. The molecule has 2 heterocycles. The van der Waals surface area contributed by atoms with E-state index in [0.717, 1.165) is 24.4 Å². The van der Waals surface area contributed by atoms with E-state index >= 15 is 0 Å². The van der Waals surface area contributed by atoms with Gasteiger partial charge in [-0.25, -0.2) is 22.5 Å². The highest BCUT2D eigenvalue weighted by Gasteiger charge is 2.56. The van der Waals surface area contributed by atoms with Crippen molar-refractivity contribution in [3.8, 4) is 0 Å². The summed E-state index contributed by atoms with van der Waals surface area (Å²) in [7, 11) is 0. The van der Waals surface area contributed by atoms with Crippen molar-refractivity contribution in [2.45, 2.75) is 31.7 Å². The summed E-state index contributed by atoms with van der Waals surface area (Å²) in [6.07, 6.45) is 0.616. The lowest BCUT2D eigenvalue weighted by molar-refractivity contribution is -0.123. The molecule has 0 spiro atoms. The van der Waals surface area contributed by atoms with Crippen LogP contribution in [0.15, 0.2) is 35.5 Å². The second-order valence-corrected chi connectivity index (χ2v) is 6.98. The maximum absolute atomic E-state index is 15.0. The maximum atomic E-state index is 15.0. The van der Waals surface area contributed by atoms with Crippen molar-refractivity contribution in [2.75, 3.05) is 18.5 Å². The summed E-state index contributed by atoms with van der Waals surface area (Å²) in [5.74, 6) is -5.97. The standard InChI is InChI=1S/C20H20F4N4O2/c1-3-19(20(23,24)10-30-9-16(25)28-19)14-7-13(4-5-15(14)22)27-18(29)17-11(2)6-12(21)8-26-17/h4-8H,3,9-10H2,1-2H3,(H2,25,28)(H,27,29). The zero-order valence-corrected chi connectivity index (χ0v) is 16.3. The topological polar surface area (TPSA) is 89.6 Å². The van der Waals surface area contributed by atoms with Crippen LogP contribution in [0.2, 0.25) is 0 Å². The maximum Gasteiger partial charge on any atom is 0.299 e. The van der Waals surface area contributed by atoms with Crippen molar-refractivity contribution in [3.63, 3.8) is 0 Å². The number of amides is 1. The van der Waals surface area contributed by atoms with Crippen LogP contribution in [0.1, 0.15) is 35.0 Å². The van der Waals surface area contributed by atoms with Crippen molar-refractivity contribution >= 4 is 17.4 Å². The number of aromatic nitrogens is 1. The number of ether oxygens (including phenoxy) is 1. The fourth-order valence-electron chi connectivity index (χ4n) is 3.44. The largest absolute Gasteiger partial charge is 0.385 e. The van der Waals surface area contributed by atoms with Gasteiger partial charge in [0, 0.05) is 11.3 Å². The Labute approximate surface area is 170 Å². The molecule has 160 valence electrons. The third-order valence-electron chi connectivity index (χ3n) is 4.91. The van der Waals surface area contributed by atoms with E-state index in [-0.39, 0.29) is 35.8 Å². The predicted octanol–water partition coefficient (Wildman–Crippen LogP) is 3.55. The Kier molecular flexibility index (Phi) is 5.80. The minimum Gasteiger partial charge on any atom is -0.385 e. The molecular formula is C20H20F4N4O2. The number of hydrogen-bond donors (Lipinski definition) is 2. The van der Waals surface area contributed by atoms with E-state index in [1.807, 2.05) is 0 Å². The van der Waals surface area contributed by atoms with Gasteiger partial charge in [0.2, 0.25) is 0 Å². The fourth-order valence-corrected chi connectivity index (χ4v) is 3.44. The summed E-state index contributed by atoms with van der Waals surface area (Å²) in [5.41, 5.74) is 3.22. The first kappa shape index (κ1) is 21.7. The van der Waals surface area contributed by atoms with E-state index in [1.54, 1.807) is 0 Å². The molecule has 0 fully saturated rings. The highest BCUT2D eigenvalue weighted by Crippen LogP contribution is 2.46. The highest BCUT2D eigenvalue weighted by molar-refractivity contribution is 6.03. The van der Waals surface area contributed by atoms with Gasteiger partial charge in [-0.3, -0.25) is 9.79 Å². The molecule has 1 aromatic heterocycles. The number of benzene rings is 1. The van der Waals surface area contributed by atoms with Crippen LogP contribution >= 0.6 is 0 Å². The molecule has 0 radical (unpaired) electrons. The Bertz CT molecular complexity index is 1010. The Morgan fingerprint density at radius 2 is 2.03 bits per heavy atom. The summed E-state index contributed by atoms with van der Waals surface area (Å²) in [6, 6.07) is 4.40. The SMILES string of the molecule is CCC1(c2cc(NC(=O)c3ncc(F)cc3C)ccc2F)N=C(N)COCC1(F)F. The normalized spacial score (nSPS) is 20.9. The fraction of sp³-hybridized carbons (Fsp3) is 0.350. The second kappa shape index (κ2) is 8.02. The lowest BCUT2D eigenvalue weighted by Crippen LogP contribution is -2.47. The second-order valence-electron chi connectivity index (χ2n) is 6.98. The van der Waals surface area contributed by atoms with E-state index in [1.165, 1.54) is 19.9 Å². The van der Waals surface area contributed by atoms with E-state index in [0.29, 0.717) is 0 Å². The number of aliphatic imine (C=N–C) groups is 1. The number of rotatable bonds is 4. The molecule has 0 aliphatic carbocycles. The smallest absolute Gasteiger partial charge is 0.299 e. The zero-order valence-electron chi connectivity index (χ0n) is 16.3. The van der Waals surface area contributed by atoms with Crippen molar-refractivity contribution in [1.29, 1.82) is 0 Å². The van der Waals surface area contributed by atoms with Gasteiger partial charge in [0.15, 0.2) is 5.54 Å². The molecule has 0 saturated carbocycles. The first-order chi connectivity index (χ1) is 14.1. The zero-order chi connectivity index (χ0) is 22.1. The van der Waals surface area contributed by atoms with E-state index in [4.69, 9.17) is 10.5 Å². The first-order valence-electron chi connectivity index (χ1n) is 9.13. The average Bonchev–Trinajstić information content (AvgIpc) is 2.78. The van der Waals surface area contributed by atoms with Crippen LogP contribution in [0, 0.1) is 18.6 Å². The predicted molar refractivity (Wildman–Crippen MR) is 103 cm³/mol. The molecule has 30 heavy (non-hydrogen) atoms. The molecule has 2 aromatic rings. The van der Waals surface area contributed by atoms with E-state index < -0.39 is 41.2 Å². The van der Waals surface area contributed by atoms with Gasteiger partial charge in [-0.15, -0.1) is 0 Å². The Balaban J connectivity index is 2.04. The third kappa shape index (κ3) is 3.87. The molecule has 0 saturated heterocycles. The summed E-state index contributed by atoms with van der Waals surface area (Å²) < 4.78 is 62.8. The van der Waals surface area contributed by atoms with Gasteiger partial charge in [0.05, 0.1) is 6.20 Å². The number of nitrogens with zero attached hydrogens (tertiary/aromatic N) is 2. The Hall–Kier alpha value is -3.01. The molecule has 1 aliphatic heterocycles. The van der Waals surface area contributed by atoms with Crippen molar-refractivity contribution in [1.82, 2.24) is 4.98 Å². The number of hydrogen-bond acceptors (Lipinski definition) is 5. The van der Waals surface area contributed by atoms with Crippen LogP contribution in [-0.4, -0.2) is 35.9 Å². The van der Waals surface area contributed by atoms with Crippen LogP contribution in [0.25, 0.3) is 0 Å². The molecule has 1 amide bonds. The number of pyridine rings is 1. The van der Waals surface area contributed by atoms with Gasteiger partial charge in [-0.2, -0.15) is 0 Å².